The van der Waals surface area contributed by atoms with Gasteiger partial charge in [-0.05, 0) is 53.4 Å². The number of unbranched alkanes of at least 4 members (excludes halogenated alkanes) is 2. The van der Waals surface area contributed by atoms with Crippen molar-refractivity contribution >= 4 is 17.8 Å². The van der Waals surface area contributed by atoms with Crippen molar-refractivity contribution < 1.29 is 29.0 Å². The van der Waals surface area contributed by atoms with E-state index in [0.29, 0.717) is 32.4 Å². The van der Waals surface area contributed by atoms with Gasteiger partial charge in [-0.25, -0.2) is 0 Å². The first kappa shape index (κ1) is 24.0. The van der Waals surface area contributed by atoms with Gasteiger partial charge in [0.1, 0.15) is 17.6 Å². The number of cyclic esters (lactones) is 1. The molecule has 2 saturated heterocycles. The van der Waals surface area contributed by atoms with Crippen molar-refractivity contribution in [2.24, 2.45) is 11.8 Å². The molecule has 4 aliphatic heterocycles. The maximum Gasteiger partial charge on any atom is 0.313 e. The van der Waals surface area contributed by atoms with Gasteiger partial charge >= 0.3 is 5.97 Å². The number of aliphatic hydroxyl groups excluding tert-OH is 1. The average Bonchev–Trinajstić information content (AvgIpc) is 3.03. The van der Waals surface area contributed by atoms with Crippen LogP contribution in [0.3, 0.4) is 0 Å². The average molecular weight is 461 g/mol. The summed E-state index contributed by atoms with van der Waals surface area (Å²) >= 11 is 0. The molecule has 1 spiro atoms. The lowest BCUT2D eigenvalue weighted by Gasteiger charge is -2.41. The van der Waals surface area contributed by atoms with Crippen LogP contribution in [0.1, 0.15) is 53.4 Å². The summed E-state index contributed by atoms with van der Waals surface area (Å²) in [6.07, 6.45) is 10.2. The Morgan fingerprint density at radius 2 is 1.82 bits per heavy atom. The fourth-order valence-electron chi connectivity index (χ4n) is 5.90. The van der Waals surface area contributed by atoms with E-state index in [1.54, 1.807) is 9.80 Å². The maximum absolute atomic E-state index is 14.0. The lowest BCUT2D eigenvalue weighted by Crippen LogP contribution is -2.59. The molecule has 0 aliphatic carbocycles. The zero-order valence-electron chi connectivity index (χ0n) is 20.1. The number of carbonyl (C=O) groups is 3. The number of aliphatic hydroxyl groups is 1. The molecule has 8 heteroatoms. The summed E-state index contributed by atoms with van der Waals surface area (Å²) < 4.78 is 12.2. The number of hydrogen-bond donors (Lipinski definition) is 1. The highest BCUT2D eigenvalue weighted by Gasteiger charge is 2.74. The smallest absolute Gasteiger partial charge is 0.313 e. The van der Waals surface area contributed by atoms with E-state index in [2.05, 4.69) is 0 Å². The van der Waals surface area contributed by atoms with Crippen molar-refractivity contribution in [3.63, 3.8) is 0 Å². The highest BCUT2D eigenvalue weighted by molar-refractivity contribution is 5.99. The van der Waals surface area contributed by atoms with Gasteiger partial charge in [-0.1, -0.05) is 24.3 Å². The van der Waals surface area contributed by atoms with Crippen molar-refractivity contribution in [3.05, 3.63) is 24.3 Å². The Morgan fingerprint density at radius 1 is 1.06 bits per heavy atom. The summed E-state index contributed by atoms with van der Waals surface area (Å²) in [5.74, 6) is -2.51. The van der Waals surface area contributed by atoms with Gasteiger partial charge < -0.3 is 24.4 Å². The third-order valence-electron chi connectivity index (χ3n) is 7.39. The molecule has 4 heterocycles. The number of fused-ring (bicyclic) bond motifs is 2. The molecule has 33 heavy (non-hydrogen) atoms. The Hall–Kier alpha value is -2.19. The summed E-state index contributed by atoms with van der Waals surface area (Å²) in [5.41, 5.74) is -2.72. The third kappa shape index (κ3) is 3.81. The second kappa shape index (κ2) is 8.55. The topological polar surface area (TPSA) is 96.4 Å². The van der Waals surface area contributed by atoms with Gasteiger partial charge in [0.05, 0.1) is 18.1 Å². The molecule has 0 aromatic carbocycles. The summed E-state index contributed by atoms with van der Waals surface area (Å²) in [6, 6.07) is -0.853. The third-order valence-corrected chi connectivity index (χ3v) is 7.39. The monoisotopic (exact) mass is 460 g/mol. The zero-order valence-corrected chi connectivity index (χ0v) is 20.1. The lowest BCUT2D eigenvalue weighted by atomic mass is 9.74. The number of nitrogens with zero attached hydrogens (tertiary/aromatic N) is 2. The van der Waals surface area contributed by atoms with Gasteiger partial charge in [-0.2, -0.15) is 0 Å². The molecule has 0 bridgehead atoms. The Labute approximate surface area is 195 Å². The first-order chi connectivity index (χ1) is 15.6. The molecule has 182 valence electrons. The Morgan fingerprint density at radius 3 is 2.52 bits per heavy atom. The molecule has 0 radical (unpaired) electrons. The predicted molar refractivity (Wildman–Crippen MR) is 121 cm³/mol. The van der Waals surface area contributed by atoms with Crippen LogP contribution in [0, 0.1) is 11.8 Å². The summed E-state index contributed by atoms with van der Waals surface area (Å²) in [4.78, 5) is 44.5. The fourth-order valence-corrected chi connectivity index (χ4v) is 5.90. The van der Waals surface area contributed by atoms with E-state index in [0.717, 1.165) is 6.42 Å². The number of carbonyl (C=O) groups excluding carboxylic acids is 3. The fraction of sp³-hybridized carbons (Fsp3) is 0.720. The second-order valence-corrected chi connectivity index (χ2v) is 10.7. The molecular formula is C25H36N2O6. The molecular weight excluding hydrogens is 424 g/mol. The van der Waals surface area contributed by atoms with Crippen LogP contribution in [-0.2, 0) is 23.9 Å². The molecule has 8 nitrogen and oxygen atoms in total. The number of ether oxygens (including phenoxy) is 2. The van der Waals surface area contributed by atoms with Crippen LogP contribution in [0.5, 0.6) is 0 Å². The number of hydrogen-bond acceptors (Lipinski definition) is 6. The van der Waals surface area contributed by atoms with E-state index in [1.807, 2.05) is 52.0 Å². The normalized spacial score (nSPS) is 36.2. The minimum atomic E-state index is -1.24. The molecule has 0 saturated carbocycles. The molecule has 4 rings (SSSR count). The summed E-state index contributed by atoms with van der Waals surface area (Å²) in [7, 11) is 0. The van der Waals surface area contributed by atoms with Crippen LogP contribution in [0.15, 0.2) is 24.3 Å². The van der Waals surface area contributed by atoms with Crippen molar-refractivity contribution in [2.75, 3.05) is 26.3 Å². The molecule has 2 fully saturated rings. The van der Waals surface area contributed by atoms with Crippen LogP contribution >= 0.6 is 0 Å². The highest BCUT2D eigenvalue weighted by atomic mass is 16.6. The van der Waals surface area contributed by atoms with Crippen molar-refractivity contribution in [1.29, 1.82) is 0 Å². The van der Waals surface area contributed by atoms with Crippen LogP contribution in [0.2, 0.25) is 0 Å². The van der Waals surface area contributed by atoms with E-state index < -0.39 is 40.6 Å². The number of rotatable bonds is 5. The SMILES string of the molecule is CC(C)(C)N1CC=C[C@]23O[C@@]4(C)C=CCCOC(=O)[C@H]4[C@H]2C(=O)N(CCCCCO)C3C1=O. The molecule has 4 aliphatic rings. The minimum Gasteiger partial charge on any atom is -0.465 e. The molecule has 0 aromatic rings. The molecule has 2 amide bonds. The zero-order chi connectivity index (χ0) is 24.0. The van der Waals surface area contributed by atoms with E-state index in [-0.39, 0.29) is 25.0 Å². The van der Waals surface area contributed by atoms with Crippen molar-refractivity contribution in [3.8, 4) is 0 Å². The largest absolute Gasteiger partial charge is 0.465 e. The standard InChI is InChI=1S/C25H36N2O6/c1-23(2,3)27-14-10-12-25-17(18-22(31)32-16-9-6-11-24(18,4)33-25)20(29)26(19(25)21(27)30)13-7-5-8-15-28/h6,10-12,17-19,28H,5,7-9,13-16H2,1-4H3/t17-,18+,19?,24-,25-/m0/s1. The van der Waals surface area contributed by atoms with E-state index in [4.69, 9.17) is 14.6 Å². The van der Waals surface area contributed by atoms with Crippen LogP contribution < -0.4 is 0 Å². The van der Waals surface area contributed by atoms with Gasteiger partial charge in [0, 0.05) is 25.2 Å². The second-order valence-electron chi connectivity index (χ2n) is 10.7. The molecule has 0 aromatic heterocycles. The highest BCUT2D eigenvalue weighted by Crippen LogP contribution is 2.57. The molecule has 1 unspecified atom stereocenters. The lowest BCUT2D eigenvalue weighted by molar-refractivity contribution is -0.161. The van der Waals surface area contributed by atoms with Gasteiger partial charge in [-0.3, -0.25) is 14.4 Å². The maximum atomic E-state index is 14.0. The van der Waals surface area contributed by atoms with Crippen LogP contribution in [0.4, 0.5) is 0 Å². The first-order valence-corrected chi connectivity index (χ1v) is 12.0. The number of likely N-dealkylation sites (tertiary alicyclic amines) is 1. The van der Waals surface area contributed by atoms with Gasteiger partial charge in [-0.15, -0.1) is 0 Å². The first-order valence-electron chi connectivity index (χ1n) is 12.0. The molecule has 1 N–H and O–H groups in total. The summed E-state index contributed by atoms with van der Waals surface area (Å²) in [5, 5.41) is 9.14. The van der Waals surface area contributed by atoms with E-state index >= 15 is 0 Å². The van der Waals surface area contributed by atoms with Crippen molar-refractivity contribution in [2.45, 2.75) is 76.2 Å². The van der Waals surface area contributed by atoms with Crippen LogP contribution in [0.25, 0.3) is 0 Å². The van der Waals surface area contributed by atoms with Gasteiger partial charge in [0.2, 0.25) is 11.8 Å². The predicted octanol–water partition coefficient (Wildman–Crippen LogP) is 1.82. The Kier molecular flexibility index (Phi) is 6.20. The Balaban J connectivity index is 1.81. The van der Waals surface area contributed by atoms with Gasteiger partial charge in [0.25, 0.3) is 0 Å². The number of amides is 2. The van der Waals surface area contributed by atoms with E-state index in [9.17, 15) is 14.4 Å². The minimum absolute atomic E-state index is 0.0884. The quantitative estimate of drug-likeness (QED) is 0.382. The summed E-state index contributed by atoms with van der Waals surface area (Å²) in [6.45, 7) is 8.86. The number of esters is 1. The Bertz CT molecular complexity index is 877. The van der Waals surface area contributed by atoms with Crippen LogP contribution in [-0.4, -0.2) is 81.8 Å². The molecule has 5 atom stereocenters. The van der Waals surface area contributed by atoms with Crippen molar-refractivity contribution in [1.82, 2.24) is 9.80 Å². The van der Waals surface area contributed by atoms with Gasteiger partial charge in [0.15, 0.2) is 0 Å². The van der Waals surface area contributed by atoms with E-state index in [1.165, 1.54) is 0 Å².